The molecule has 0 radical (unpaired) electrons. The van der Waals surface area contributed by atoms with Crippen LogP contribution >= 0.6 is 0 Å². The van der Waals surface area contributed by atoms with Crippen LogP contribution in [0.2, 0.25) is 0 Å². The van der Waals surface area contributed by atoms with Gasteiger partial charge in [0, 0.05) is 18.2 Å². The highest BCUT2D eigenvalue weighted by Crippen LogP contribution is 2.10. The maximum Gasteiger partial charge on any atom is 0.306 e. The average Bonchev–Trinajstić information content (AvgIpc) is 3.09. The lowest BCUT2D eigenvalue weighted by Gasteiger charge is -2.07. The first kappa shape index (κ1) is 17.6. The maximum absolute atomic E-state index is 12.5. The fourth-order valence-electron chi connectivity index (χ4n) is 2.86. The quantitative estimate of drug-likeness (QED) is 0.693. The molecule has 3 rings (SSSR count). The van der Waals surface area contributed by atoms with Gasteiger partial charge in [0.05, 0.1) is 5.92 Å². The second kappa shape index (κ2) is 7.35. The Morgan fingerprint density at radius 2 is 1.92 bits per heavy atom. The molecule has 1 aromatic carbocycles. The number of carboxylic acid groups (broad SMARTS) is 1. The van der Waals surface area contributed by atoms with Crippen LogP contribution in [0.1, 0.15) is 24.6 Å². The largest absolute Gasteiger partial charge is 0.511 e. The number of pyridine rings is 1. The van der Waals surface area contributed by atoms with Gasteiger partial charge in [-0.25, -0.2) is 9.50 Å². The highest BCUT2D eigenvalue weighted by atomic mass is 16.4. The smallest absolute Gasteiger partial charge is 0.306 e. The number of aliphatic carboxylic acids is 1. The molecule has 0 spiro atoms. The predicted octanol–water partition coefficient (Wildman–Crippen LogP) is 1.37. The van der Waals surface area contributed by atoms with Crippen molar-refractivity contribution in [3.05, 3.63) is 69.4 Å². The van der Waals surface area contributed by atoms with Crippen LogP contribution < -0.4 is 10.6 Å². The lowest BCUT2D eigenvalue weighted by Crippen LogP contribution is -2.31. The average molecular weight is 353 g/mol. The molecule has 26 heavy (non-hydrogen) atoms. The van der Waals surface area contributed by atoms with Crippen molar-refractivity contribution in [2.24, 2.45) is 5.92 Å². The normalized spacial score (nSPS) is 13.6. The summed E-state index contributed by atoms with van der Waals surface area (Å²) in [5.74, 6) is -2.13. The van der Waals surface area contributed by atoms with Crippen molar-refractivity contribution in [3.8, 4) is 0 Å². The number of carbonyl (C=O) groups is 1. The van der Waals surface area contributed by atoms with Gasteiger partial charge in [0.2, 0.25) is 0 Å². The number of aryl methyl sites for hydroxylation is 2. The number of aliphatic hydroxyl groups is 1. The summed E-state index contributed by atoms with van der Waals surface area (Å²) in [6.07, 6.45) is 2.50. The molecule has 3 aromatic rings. The molecule has 2 heterocycles. The van der Waals surface area contributed by atoms with Gasteiger partial charge in [-0.2, -0.15) is 5.10 Å². The minimum atomic E-state index is -1.04. The Labute approximate surface area is 149 Å². The first-order valence-corrected chi connectivity index (χ1v) is 8.32. The van der Waals surface area contributed by atoms with Gasteiger partial charge in [0.25, 0.3) is 0 Å². The molecular formula is C19H19N3O4. The van der Waals surface area contributed by atoms with Crippen LogP contribution in [0.5, 0.6) is 0 Å². The molecule has 0 unspecified atom stereocenters. The minimum absolute atomic E-state index is 0.0130. The Balaban J connectivity index is 2.01. The zero-order valence-electron chi connectivity index (χ0n) is 14.3. The number of benzene rings is 1. The van der Waals surface area contributed by atoms with E-state index < -0.39 is 11.9 Å². The molecular weight excluding hydrogens is 334 g/mol. The first-order valence-electron chi connectivity index (χ1n) is 8.32. The van der Waals surface area contributed by atoms with E-state index in [1.54, 1.807) is 0 Å². The van der Waals surface area contributed by atoms with Crippen LogP contribution in [0.15, 0.2) is 47.5 Å². The highest BCUT2D eigenvalue weighted by molar-refractivity contribution is 5.71. The molecule has 1 atom stereocenters. The second-order valence-electron chi connectivity index (χ2n) is 6.25. The summed E-state index contributed by atoms with van der Waals surface area (Å²) in [6, 6.07) is 11.3. The van der Waals surface area contributed by atoms with Gasteiger partial charge in [-0.05, 0) is 18.4 Å². The molecule has 7 heteroatoms. The topological polar surface area (TPSA) is 105 Å². The maximum atomic E-state index is 12.5. The second-order valence-corrected chi connectivity index (χ2v) is 6.25. The van der Waals surface area contributed by atoms with E-state index in [0.717, 1.165) is 12.0 Å². The molecule has 0 aliphatic heterocycles. The number of nitrogens with zero attached hydrogens (tertiary/aromatic N) is 3. The van der Waals surface area contributed by atoms with E-state index in [9.17, 15) is 14.7 Å². The minimum Gasteiger partial charge on any atom is -0.511 e. The summed E-state index contributed by atoms with van der Waals surface area (Å²) in [5.41, 5.74) is 1.69. The zero-order valence-corrected chi connectivity index (χ0v) is 14.3. The summed E-state index contributed by atoms with van der Waals surface area (Å²) in [6.45, 7) is 1.47. The van der Waals surface area contributed by atoms with Gasteiger partial charge >= 0.3 is 5.97 Å². The Hall–Kier alpha value is -3.22. The van der Waals surface area contributed by atoms with Gasteiger partial charge < -0.3 is 10.2 Å². The van der Waals surface area contributed by atoms with E-state index in [2.05, 4.69) is 10.1 Å². The van der Waals surface area contributed by atoms with Crippen LogP contribution in [0, 0.1) is 5.92 Å². The molecule has 0 saturated carbocycles. The zero-order chi connectivity index (χ0) is 18.7. The van der Waals surface area contributed by atoms with Gasteiger partial charge in [0.1, 0.15) is 17.3 Å². The third-order valence-electron chi connectivity index (χ3n) is 4.31. The van der Waals surface area contributed by atoms with Crippen LogP contribution in [-0.4, -0.2) is 30.8 Å². The number of hydrogen-bond acceptors (Lipinski definition) is 5. The molecule has 134 valence electrons. The van der Waals surface area contributed by atoms with Crippen molar-refractivity contribution in [3.63, 3.8) is 0 Å². The summed E-state index contributed by atoms with van der Waals surface area (Å²) >= 11 is 0. The van der Waals surface area contributed by atoms with Crippen LogP contribution in [0.3, 0.4) is 0 Å². The van der Waals surface area contributed by atoms with Crippen molar-refractivity contribution in [1.29, 1.82) is 0 Å². The van der Waals surface area contributed by atoms with Crippen molar-refractivity contribution in [1.82, 2.24) is 14.6 Å². The molecule has 0 aliphatic rings. The highest BCUT2D eigenvalue weighted by Gasteiger charge is 2.17. The van der Waals surface area contributed by atoms with E-state index in [0.29, 0.717) is 12.1 Å². The van der Waals surface area contributed by atoms with Gasteiger partial charge in [-0.1, -0.05) is 37.3 Å². The summed E-state index contributed by atoms with van der Waals surface area (Å²) in [4.78, 5) is 27.6. The number of fused-ring (bicyclic) bond motifs is 1. The van der Waals surface area contributed by atoms with Crippen LogP contribution in [0.25, 0.3) is 11.4 Å². The molecule has 2 N–H and O–H groups in total. The van der Waals surface area contributed by atoms with E-state index in [4.69, 9.17) is 5.11 Å². The molecule has 0 amide bonds. The Bertz CT molecular complexity index is 1040. The number of aliphatic hydroxyl groups excluding tert-OH is 1. The molecule has 7 nitrogen and oxygen atoms in total. The summed E-state index contributed by atoms with van der Waals surface area (Å²) in [5, 5.41) is 23.5. The monoisotopic (exact) mass is 353 g/mol. The Kier molecular flexibility index (Phi) is 4.97. The molecule has 0 saturated heterocycles. The third-order valence-corrected chi connectivity index (χ3v) is 4.31. The number of hydrogen-bond donors (Lipinski definition) is 2. The third kappa shape index (κ3) is 3.56. The van der Waals surface area contributed by atoms with E-state index in [-0.39, 0.29) is 28.5 Å². The van der Waals surface area contributed by atoms with Crippen molar-refractivity contribution in [2.75, 3.05) is 0 Å². The first-order chi connectivity index (χ1) is 12.5. The lowest BCUT2D eigenvalue weighted by molar-refractivity contribution is -0.141. The van der Waals surface area contributed by atoms with Crippen molar-refractivity contribution in [2.45, 2.75) is 26.2 Å². The number of aromatic nitrogens is 3. The molecule has 2 aromatic heterocycles. The van der Waals surface area contributed by atoms with E-state index in [1.165, 1.54) is 23.8 Å². The van der Waals surface area contributed by atoms with Crippen LogP contribution in [0.4, 0.5) is 0 Å². The fraction of sp³-hybridized carbons (Fsp3) is 0.263. The number of carboxylic acids is 1. The molecule has 0 aliphatic carbocycles. The standard InChI is InChI=1S/C19H19N3O4/c1-12(19(25)26)9-15(23)17-16(24)10-14(22-18(17)20-11-21-22)8-7-13-5-3-2-4-6-13/h2-6,10-12,23H,7-9H2,1H3,(H,25,26)/b17-15-/t12-/m1/s1. The van der Waals surface area contributed by atoms with Crippen molar-refractivity contribution >= 4 is 17.4 Å². The molecule has 0 fully saturated rings. The fourth-order valence-corrected chi connectivity index (χ4v) is 2.86. The van der Waals surface area contributed by atoms with Crippen LogP contribution in [-0.2, 0) is 17.6 Å². The predicted molar refractivity (Wildman–Crippen MR) is 95.8 cm³/mol. The Morgan fingerprint density at radius 3 is 2.62 bits per heavy atom. The SMILES string of the molecule is C[C@H](C/C(O)=c1\c(=O)cc(CCc2ccccc2)n2ncnc12)C(=O)O. The Morgan fingerprint density at radius 1 is 1.19 bits per heavy atom. The number of rotatable bonds is 6. The van der Waals surface area contributed by atoms with E-state index in [1.807, 2.05) is 30.3 Å². The van der Waals surface area contributed by atoms with Gasteiger partial charge in [0.15, 0.2) is 11.1 Å². The summed E-state index contributed by atoms with van der Waals surface area (Å²) < 4.78 is 1.53. The van der Waals surface area contributed by atoms with E-state index >= 15 is 0 Å². The molecule has 0 bridgehead atoms. The van der Waals surface area contributed by atoms with Crippen molar-refractivity contribution < 1.29 is 15.0 Å². The summed E-state index contributed by atoms with van der Waals surface area (Å²) in [7, 11) is 0. The van der Waals surface area contributed by atoms with Gasteiger partial charge in [-0.3, -0.25) is 9.59 Å². The lowest BCUT2D eigenvalue weighted by atomic mass is 10.0. The van der Waals surface area contributed by atoms with Gasteiger partial charge in [-0.15, -0.1) is 0 Å².